The molecule has 0 aliphatic heterocycles. The molecule has 0 atom stereocenters. The number of halogens is 5. The fourth-order valence-corrected chi connectivity index (χ4v) is 3.52. The smallest absolute Gasteiger partial charge is 0.351 e. The van der Waals surface area contributed by atoms with Crippen molar-refractivity contribution >= 4 is 29.1 Å². The Hall–Kier alpha value is -1.74. The van der Waals surface area contributed by atoms with E-state index in [0.29, 0.717) is 18.7 Å². The van der Waals surface area contributed by atoms with Gasteiger partial charge in [-0.25, -0.2) is 0 Å². The molecular weight excluding hydrogens is 406 g/mol. The second-order valence-electron chi connectivity index (χ2n) is 6.31. The van der Waals surface area contributed by atoms with E-state index in [1.165, 1.54) is 15.6 Å². The highest BCUT2D eigenvalue weighted by Gasteiger charge is 2.41. The van der Waals surface area contributed by atoms with Gasteiger partial charge in [0.15, 0.2) is 5.69 Å². The van der Waals surface area contributed by atoms with Crippen molar-refractivity contribution in [3.05, 3.63) is 33.3 Å². The molecule has 0 radical (unpaired) electrons. The third kappa shape index (κ3) is 4.24. The molecular formula is C16H18Cl2F3N5O. The second kappa shape index (κ2) is 7.71. The van der Waals surface area contributed by atoms with Crippen molar-refractivity contribution < 1.29 is 18.0 Å². The first-order valence-electron chi connectivity index (χ1n) is 8.57. The van der Waals surface area contributed by atoms with E-state index in [1.807, 2.05) is 6.92 Å². The summed E-state index contributed by atoms with van der Waals surface area (Å²) in [7, 11) is 0. The van der Waals surface area contributed by atoms with Crippen molar-refractivity contribution in [2.24, 2.45) is 0 Å². The molecule has 3 rings (SSSR count). The third-order valence-corrected chi connectivity index (χ3v) is 4.96. The highest BCUT2D eigenvalue weighted by atomic mass is 35.5. The molecule has 1 N–H and O–H groups in total. The lowest BCUT2D eigenvalue weighted by Crippen LogP contribution is -2.28. The summed E-state index contributed by atoms with van der Waals surface area (Å²) in [6, 6.07) is 0. The van der Waals surface area contributed by atoms with E-state index >= 15 is 0 Å². The third-order valence-electron chi connectivity index (χ3n) is 4.31. The van der Waals surface area contributed by atoms with Crippen LogP contribution in [-0.2, 0) is 19.3 Å². The standard InChI is InChI=1S/C16H18Cl2F3N5O/c1-2-25-13(10(17)8-23-25)15(27)22-6-3-7-26-12(9-4-5-9)11(18)14(24-26)16(19,20)21/h8-9H,2-7H2,1H3,(H,22,27). The van der Waals surface area contributed by atoms with Crippen LogP contribution in [0.15, 0.2) is 6.20 Å². The van der Waals surface area contributed by atoms with E-state index in [2.05, 4.69) is 15.5 Å². The number of amides is 1. The van der Waals surface area contributed by atoms with Crippen molar-refractivity contribution in [3.8, 4) is 0 Å². The van der Waals surface area contributed by atoms with E-state index in [-0.39, 0.29) is 40.7 Å². The van der Waals surface area contributed by atoms with E-state index in [1.54, 1.807) is 0 Å². The van der Waals surface area contributed by atoms with Crippen LogP contribution < -0.4 is 5.32 Å². The summed E-state index contributed by atoms with van der Waals surface area (Å²) in [5, 5.41) is 10.3. The van der Waals surface area contributed by atoms with Crippen molar-refractivity contribution in [1.82, 2.24) is 24.9 Å². The van der Waals surface area contributed by atoms with Crippen molar-refractivity contribution in [3.63, 3.8) is 0 Å². The lowest BCUT2D eigenvalue weighted by Gasteiger charge is -2.09. The molecule has 1 aliphatic rings. The molecule has 1 amide bonds. The van der Waals surface area contributed by atoms with Crippen LogP contribution in [0.2, 0.25) is 10.0 Å². The number of nitrogens with zero attached hydrogens (tertiary/aromatic N) is 4. The zero-order valence-corrected chi connectivity index (χ0v) is 16.0. The van der Waals surface area contributed by atoms with Gasteiger partial charge in [0.2, 0.25) is 0 Å². The maximum Gasteiger partial charge on any atom is 0.436 e. The number of aryl methyl sites for hydroxylation is 2. The quantitative estimate of drug-likeness (QED) is 0.681. The molecule has 0 unspecified atom stereocenters. The first kappa shape index (κ1) is 20.0. The Morgan fingerprint density at radius 1 is 1.33 bits per heavy atom. The van der Waals surface area contributed by atoms with E-state index in [0.717, 1.165) is 12.8 Å². The summed E-state index contributed by atoms with van der Waals surface area (Å²) in [5.41, 5.74) is -0.351. The first-order valence-corrected chi connectivity index (χ1v) is 9.32. The fourth-order valence-electron chi connectivity index (χ4n) is 2.89. The number of rotatable bonds is 7. The maximum absolute atomic E-state index is 13.0. The van der Waals surface area contributed by atoms with Gasteiger partial charge in [0.05, 0.1) is 21.9 Å². The molecule has 27 heavy (non-hydrogen) atoms. The summed E-state index contributed by atoms with van der Waals surface area (Å²) in [4.78, 5) is 12.2. The molecule has 2 aromatic heterocycles. The Morgan fingerprint density at radius 2 is 2.04 bits per heavy atom. The Bertz CT molecular complexity index is 842. The number of aromatic nitrogens is 4. The normalized spacial score (nSPS) is 14.6. The van der Waals surface area contributed by atoms with Crippen LogP contribution >= 0.6 is 23.2 Å². The molecule has 2 heterocycles. The van der Waals surface area contributed by atoms with Gasteiger partial charge in [-0.2, -0.15) is 23.4 Å². The van der Waals surface area contributed by atoms with Crippen LogP contribution in [0, 0.1) is 0 Å². The molecule has 2 aromatic rings. The molecule has 11 heteroatoms. The molecule has 0 spiro atoms. The molecule has 1 fully saturated rings. The predicted octanol–water partition coefficient (Wildman–Crippen LogP) is 4.12. The average Bonchev–Trinajstić information content (AvgIpc) is 3.27. The number of nitrogens with one attached hydrogen (secondary N) is 1. The number of hydrogen-bond acceptors (Lipinski definition) is 3. The Balaban J connectivity index is 1.62. The Kier molecular flexibility index (Phi) is 5.71. The van der Waals surface area contributed by atoms with E-state index in [9.17, 15) is 18.0 Å². The van der Waals surface area contributed by atoms with Crippen LogP contribution in [0.25, 0.3) is 0 Å². The second-order valence-corrected chi connectivity index (χ2v) is 7.09. The topological polar surface area (TPSA) is 64.7 Å². The molecule has 1 aliphatic carbocycles. The average molecular weight is 424 g/mol. The highest BCUT2D eigenvalue weighted by molar-refractivity contribution is 6.33. The maximum atomic E-state index is 13.0. The Labute approximate surface area is 163 Å². The zero-order chi connectivity index (χ0) is 19.8. The predicted molar refractivity (Wildman–Crippen MR) is 94.1 cm³/mol. The summed E-state index contributed by atoms with van der Waals surface area (Å²) in [6.07, 6.45) is -1.18. The van der Waals surface area contributed by atoms with Crippen LogP contribution in [-0.4, -0.2) is 32.0 Å². The number of carbonyl (C=O) groups is 1. The van der Waals surface area contributed by atoms with Gasteiger partial charge in [-0.1, -0.05) is 23.2 Å². The largest absolute Gasteiger partial charge is 0.436 e. The van der Waals surface area contributed by atoms with Crippen LogP contribution in [0.5, 0.6) is 0 Å². The summed E-state index contributed by atoms with van der Waals surface area (Å²) in [6.45, 7) is 2.81. The van der Waals surface area contributed by atoms with Crippen LogP contribution in [0.4, 0.5) is 13.2 Å². The van der Waals surface area contributed by atoms with Crippen molar-refractivity contribution in [1.29, 1.82) is 0 Å². The lowest BCUT2D eigenvalue weighted by molar-refractivity contribution is -0.141. The minimum absolute atomic E-state index is 0.0217. The number of alkyl halides is 3. The number of hydrogen-bond donors (Lipinski definition) is 1. The first-order chi connectivity index (χ1) is 12.7. The molecule has 0 saturated heterocycles. The van der Waals surface area contributed by atoms with Gasteiger partial charge in [0, 0.05) is 25.6 Å². The van der Waals surface area contributed by atoms with E-state index < -0.39 is 11.9 Å². The summed E-state index contributed by atoms with van der Waals surface area (Å²) < 4.78 is 41.9. The van der Waals surface area contributed by atoms with Crippen LogP contribution in [0.3, 0.4) is 0 Å². The van der Waals surface area contributed by atoms with Gasteiger partial charge >= 0.3 is 6.18 Å². The van der Waals surface area contributed by atoms with Crippen molar-refractivity contribution in [2.45, 2.75) is 51.4 Å². The van der Waals surface area contributed by atoms with E-state index in [4.69, 9.17) is 23.2 Å². The lowest BCUT2D eigenvalue weighted by atomic mass is 10.2. The monoisotopic (exact) mass is 423 g/mol. The van der Waals surface area contributed by atoms with Crippen LogP contribution in [0.1, 0.15) is 54.0 Å². The van der Waals surface area contributed by atoms with Gasteiger partial charge in [-0.05, 0) is 26.2 Å². The minimum Gasteiger partial charge on any atom is -0.351 e. The number of carbonyl (C=O) groups excluding carboxylic acids is 1. The molecule has 6 nitrogen and oxygen atoms in total. The highest BCUT2D eigenvalue weighted by Crippen LogP contribution is 2.46. The summed E-state index contributed by atoms with van der Waals surface area (Å²) in [5.74, 6) is -0.357. The summed E-state index contributed by atoms with van der Waals surface area (Å²) >= 11 is 11.9. The molecule has 148 valence electrons. The SMILES string of the molecule is CCn1ncc(Cl)c1C(=O)NCCCn1nc(C(F)(F)F)c(Cl)c1C1CC1. The minimum atomic E-state index is -4.59. The Morgan fingerprint density at radius 3 is 2.63 bits per heavy atom. The van der Waals surface area contributed by atoms with Gasteiger partial charge in [-0.3, -0.25) is 14.2 Å². The van der Waals surface area contributed by atoms with Gasteiger partial charge < -0.3 is 5.32 Å². The molecule has 0 bridgehead atoms. The van der Waals surface area contributed by atoms with Crippen molar-refractivity contribution in [2.75, 3.05) is 6.54 Å². The fraction of sp³-hybridized carbons (Fsp3) is 0.562. The van der Waals surface area contributed by atoms with Gasteiger partial charge in [-0.15, -0.1) is 0 Å². The van der Waals surface area contributed by atoms with Gasteiger partial charge in [0.25, 0.3) is 5.91 Å². The van der Waals surface area contributed by atoms with Gasteiger partial charge in [0.1, 0.15) is 5.69 Å². The molecule has 1 saturated carbocycles. The molecule has 0 aromatic carbocycles. The zero-order valence-electron chi connectivity index (χ0n) is 14.5.